The van der Waals surface area contributed by atoms with Crippen molar-refractivity contribution in [2.75, 3.05) is 53.6 Å². The number of benzene rings is 1. The van der Waals surface area contributed by atoms with Gasteiger partial charge in [0.05, 0.1) is 39.0 Å². The van der Waals surface area contributed by atoms with Crippen molar-refractivity contribution in [3.8, 4) is 5.75 Å². The van der Waals surface area contributed by atoms with E-state index in [4.69, 9.17) is 14.2 Å². The number of aromatic amines is 1. The summed E-state index contributed by atoms with van der Waals surface area (Å²) >= 11 is 0. The van der Waals surface area contributed by atoms with Gasteiger partial charge in [0.25, 0.3) is 11.7 Å². The lowest BCUT2D eigenvalue weighted by atomic mass is 9.94. The number of ketones is 1. The number of ether oxygens (including phenoxy) is 3. The van der Waals surface area contributed by atoms with Crippen molar-refractivity contribution in [1.82, 2.24) is 14.8 Å². The van der Waals surface area contributed by atoms with Crippen LogP contribution < -0.4 is 4.74 Å². The largest absolute Gasteiger partial charge is 0.507 e. The van der Waals surface area contributed by atoms with Gasteiger partial charge in [0.15, 0.2) is 0 Å². The Bertz CT molecular complexity index is 1230. The van der Waals surface area contributed by atoms with Gasteiger partial charge in [-0.3, -0.25) is 14.5 Å². The van der Waals surface area contributed by atoms with Crippen LogP contribution in [0.1, 0.15) is 45.3 Å². The van der Waals surface area contributed by atoms with Crippen LogP contribution in [0, 0.1) is 13.8 Å². The predicted molar refractivity (Wildman–Crippen MR) is 135 cm³/mol. The van der Waals surface area contributed by atoms with Crippen LogP contribution in [0.5, 0.6) is 5.75 Å². The molecule has 2 saturated heterocycles. The zero-order valence-corrected chi connectivity index (χ0v) is 21.6. The van der Waals surface area contributed by atoms with Gasteiger partial charge in [-0.1, -0.05) is 12.1 Å². The topological polar surface area (TPSA) is 121 Å². The van der Waals surface area contributed by atoms with Crippen LogP contribution in [0.3, 0.4) is 0 Å². The summed E-state index contributed by atoms with van der Waals surface area (Å²) < 4.78 is 15.6. The van der Waals surface area contributed by atoms with E-state index in [0.717, 1.165) is 19.6 Å². The SMILES string of the molecule is COC(=O)c1[nH]c(C)c(/C(O)=C2\C(=O)C(=O)N(CCCN3CCOCC3)[C@@H]2c2cccc(OC)c2)c1C. The molecule has 0 unspecified atom stereocenters. The standard InChI is InChI=1S/C27H33N3O7/c1-16-20(17(2)28-22(16)27(34)36-4)24(31)21-23(18-7-5-8-19(15-18)35-3)30(26(33)25(21)32)10-6-9-29-11-13-37-14-12-29/h5,7-8,15,23,28,31H,6,9-14H2,1-4H3/b24-21+/t23-/m1/s1. The number of morpholine rings is 1. The third-order valence-corrected chi connectivity index (χ3v) is 6.99. The van der Waals surface area contributed by atoms with Crippen molar-refractivity contribution in [3.63, 3.8) is 0 Å². The number of aliphatic hydroxyl groups is 1. The third-order valence-electron chi connectivity index (χ3n) is 6.99. The molecule has 2 N–H and O–H groups in total. The molecule has 0 bridgehead atoms. The third kappa shape index (κ3) is 5.12. The minimum Gasteiger partial charge on any atom is -0.507 e. The average Bonchev–Trinajstić information content (AvgIpc) is 3.35. The number of amides is 1. The number of methoxy groups -OCH3 is 2. The molecule has 0 radical (unpaired) electrons. The maximum Gasteiger partial charge on any atom is 0.354 e. The Labute approximate surface area is 215 Å². The monoisotopic (exact) mass is 511 g/mol. The van der Waals surface area contributed by atoms with Crippen LogP contribution in [0.15, 0.2) is 29.8 Å². The molecule has 3 heterocycles. The minimum absolute atomic E-state index is 0.0220. The number of hydrogen-bond acceptors (Lipinski definition) is 8. The minimum atomic E-state index is -0.810. The molecule has 1 aromatic carbocycles. The van der Waals surface area contributed by atoms with Gasteiger partial charge in [-0.25, -0.2) is 4.79 Å². The Hall–Kier alpha value is -3.63. The van der Waals surface area contributed by atoms with Crippen molar-refractivity contribution < 1.29 is 33.7 Å². The summed E-state index contributed by atoms with van der Waals surface area (Å²) in [7, 11) is 2.81. The van der Waals surface area contributed by atoms with Gasteiger partial charge >= 0.3 is 5.97 Å². The maximum atomic E-state index is 13.4. The van der Waals surface area contributed by atoms with Gasteiger partial charge in [0.2, 0.25) is 0 Å². The number of H-pyrrole nitrogens is 1. The molecule has 37 heavy (non-hydrogen) atoms. The fraction of sp³-hybridized carbons (Fsp3) is 0.444. The van der Waals surface area contributed by atoms with Crippen molar-refractivity contribution in [2.45, 2.75) is 26.3 Å². The predicted octanol–water partition coefficient (Wildman–Crippen LogP) is 2.57. The first-order chi connectivity index (χ1) is 17.8. The number of rotatable bonds is 8. The number of carbonyl (C=O) groups excluding carboxylic acids is 3. The second-order valence-corrected chi connectivity index (χ2v) is 9.19. The van der Waals surface area contributed by atoms with Gasteiger partial charge < -0.3 is 29.2 Å². The number of aromatic nitrogens is 1. The van der Waals surface area contributed by atoms with Crippen molar-refractivity contribution in [3.05, 3.63) is 57.9 Å². The molecule has 10 nitrogen and oxygen atoms in total. The number of nitrogens with zero attached hydrogens (tertiary/aromatic N) is 2. The number of aryl methyl sites for hydroxylation is 1. The van der Waals surface area contributed by atoms with E-state index in [0.29, 0.717) is 54.3 Å². The number of esters is 1. The first kappa shape index (κ1) is 26.4. The van der Waals surface area contributed by atoms with Crippen LogP contribution >= 0.6 is 0 Å². The summed E-state index contributed by atoms with van der Waals surface area (Å²) in [5.41, 5.74) is 2.03. The highest BCUT2D eigenvalue weighted by Crippen LogP contribution is 2.41. The maximum absolute atomic E-state index is 13.4. The molecule has 1 atom stereocenters. The highest BCUT2D eigenvalue weighted by molar-refractivity contribution is 6.46. The zero-order chi connectivity index (χ0) is 26.7. The van der Waals surface area contributed by atoms with Crippen LogP contribution in [0.2, 0.25) is 0 Å². The van der Waals surface area contributed by atoms with Gasteiger partial charge in [0, 0.05) is 37.4 Å². The zero-order valence-electron chi connectivity index (χ0n) is 21.6. The summed E-state index contributed by atoms with van der Waals surface area (Å²) in [5.74, 6) is -1.79. The van der Waals surface area contributed by atoms with E-state index in [1.165, 1.54) is 12.0 Å². The van der Waals surface area contributed by atoms with Crippen molar-refractivity contribution in [1.29, 1.82) is 0 Å². The van der Waals surface area contributed by atoms with Gasteiger partial charge in [-0.05, 0) is 43.5 Å². The van der Waals surface area contributed by atoms with E-state index >= 15 is 0 Å². The summed E-state index contributed by atoms with van der Waals surface area (Å²) in [4.78, 5) is 45.6. The number of nitrogens with one attached hydrogen (secondary N) is 1. The molecule has 2 aromatic rings. The van der Waals surface area contributed by atoms with Crippen molar-refractivity contribution in [2.24, 2.45) is 0 Å². The van der Waals surface area contributed by atoms with Crippen LogP contribution in [0.4, 0.5) is 0 Å². The lowest BCUT2D eigenvalue weighted by molar-refractivity contribution is -0.140. The number of hydrogen-bond donors (Lipinski definition) is 2. The van der Waals surface area contributed by atoms with E-state index in [9.17, 15) is 19.5 Å². The van der Waals surface area contributed by atoms with Crippen LogP contribution in [-0.4, -0.2) is 91.2 Å². The van der Waals surface area contributed by atoms with Crippen LogP contribution in [-0.2, 0) is 19.1 Å². The molecule has 0 aliphatic carbocycles. The highest BCUT2D eigenvalue weighted by atomic mass is 16.5. The molecular formula is C27H33N3O7. The Morgan fingerprint density at radius 2 is 1.89 bits per heavy atom. The summed E-state index contributed by atoms with van der Waals surface area (Å²) in [5, 5.41) is 11.5. The molecule has 0 spiro atoms. The molecule has 0 saturated carbocycles. The molecule has 198 valence electrons. The van der Waals surface area contributed by atoms with Crippen LogP contribution in [0.25, 0.3) is 5.76 Å². The Kier molecular flexibility index (Phi) is 7.99. The van der Waals surface area contributed by atoms with E-state index in [1.54, 1.807) is 45.2 Å². The quantitative estimate of drug-likeness (QED) is 0.240. The first-order valence-electron chi connectivity index (χ1n) is 12.3. The Morgan fingerprint density at radius 1 is 1.16 bits per heavy atom. The highest BCUT2D eigenvalue weighted by Gasteiger charge is 2.46. The number of likely N-dealkylation sites (tertiary alicyclic amines) is 1. The Balaban J connectivity index is 1.76. The van der Waals surface area contributed by atoms with E-state index in [2.05, 4.69) is 9.88 Å². The summed E-state index contributed by atoms with van der Waals surface area (Å²) in [6.45, 7) is 7.44. The fourth-order valence-electron chi connectivity index (χ4n) is 5.10. The normalized spacial score (nSPS) is 19.9. The molecule has 1 amide bonds. The fourth-order valence-corrected chi connectivity index (χ4v) is 5.10. The molecule has 2 aliphatic rings. The first-order valence-corrected chi connectivity index (χ1v) is 12.3. The Morgan fingerprint density at radius 3 is 2.57 bits per heavy atom. The van der Waals surface area contributed by atoms with E-state index < -0.39 is 23.7 Å². The van der Waals surface area contributed by atoms with Gasteiger partial charge in [-0.2, -0.15) is 0 Å². The second-order valence-electron chi connectivity index (χ2n) is 9.19. The van der Waals surface area contributed by atoms with Gasteiger partial charge in [0.1, 0.15) is 17.2 Å². The number of aliphatic hydroxyl groups excluding tert-OH is 1. The second kappa shape index (κ2) is 11.2. The van der Waals surface area contributed by atoms with Crippen molar-refractivity contribution >= 4 is 23.4 Å². The van der Waals surface area contributed by atoms with E-state index in [-0.39, 0.29) is 17.0 Å². The molecule has 4 rings (SSSR count). The molecule has 2 fully saturated rings. The molecule has 1 aromatic heterocycles. The number of carbonyl (C=O) groups is 3. The number of Topliss-reactive ketones (excluding diaryl/α,β-unsaturated/α-hetero) is 1. The van der Waals surface area contributed by atoms with Gasteiger partial charge in [-0.15, -0.1) is 0 Å². The summed E-state index contributed by atoms with van der Waals surface area (Å²) in [6.07, 6.45) is 0.655. The average molecular weight is 512 g/mol. The summed E-state index contributed by atoms with van der Waals surface area (Å²) in [6, 6.07) is 6.31. The smallest absolute Gasteiger partial charge is 0.354 e. The lowest BCUT2D eigenvalue weighted by Crippen LogP contribution is -2.38. The molecule has 10 heteroatoms. The molecule has 2 aliphatic heterocycles. The lowest BCUT2D eigenvalue weighted by Gasteiger charge is -2.29. The molecular weight excluding hydrogens is 478 g/mol. The van der Waals surface area contributed by atoms with E-state index in [1.807, 2.05) is 0 Å².